The van der Waals surface area contributed by atoms with Crippen molar-refractivity contribution in [2.24, 2.45) is 11.5 Å². The standard InChI is InChI=1S/C21H17F3N4O2/c22-21(23,24)18-11-14(12-1-6-15(7-2-12)29-19(25)26)5-10-17(18)13-3-8-16(9-4-13)30-20(27)28/h1-11H,(H3,25,26)(H3,27,28). The molecule has 0 bridgehead atoms. The second-order valence-electron chi connectivity index (χ2n) is 6.24. The molecule has 0 amide bonds. The fourth-order valence-electron chi connectivity index (χ4n) is 2.88. The van der Waals surface area contributed by atoms with Crippen molar-refractivity contribution >= 4 is 12.0 Å². The molecule has 0 spiro atoms. The summed E-state index contributed by atoms with van der Waals surface area (Å²) in [6.45, 7) is 0. The topological polar surface area (TPSA) is 118 Å². The number of nitrogens with one attached hydrogen (secondary N) is 2. The monoisotopic (exact) mass is 414 g/mol. The van der Waals surface area contributed by atoms with Crippen LogP contribution in [0.2, 0.25) is 0 Å². The van der Waals surface area contributed by atoms with E-state index in [1.54, 1.807) is 18.2 Å². The van der Waals surface area contributed by atoms with Crippen LogP contribution in [0.15, 0.2) is 66.7 Å². The largest absolute Gasteiger partial charge is 0.426 e. The Balaban J connectivity index is 1.98. The predicted molar refractivity (Wildman–Crippen MR) is 107 cm³/mol. The molecule has 0 radical (unpaired) electrons. The first-order valence-corrected chi connectivity index (χ1v) is 8.59. The molecule has 0 fully saturated rings. The van der Waals surface area contributed by atoms with E-state index in [0.29, 0.717) is 22.4 Å². The highest BCUT2D eigenvalue weighted by molar-refractivity contribution is 5.76. The van der Waals surface area contributed by atoms with Gasteiger partial charge in [0.1, 0.15) is 11.5 Å². The van der Waals surface area contributed by atoms with Gasteiger partial charge in [0.2, 0.25) is 0 Å². The molecule has 0 aliphatic heterocycles. The molecule has 0 aliphatic carbocycles. The summed E-state index contributed by atoms with van der Waals surface area (Å²) in [5.41, 5.74) is 10.8. The van der Waals surface area contributed by atoms with Gasteiger partial charge in [0, 0.05) is 0 Å². The van der Waals surface area contributed by atoms with E-state index in [9.17, 15) is 13.2 Å². The van der Waals surface area contributed by atoms with Gasteiger partial charge < -0.3 is 20.9 Å². The van der Waals surface area contributed by atoms with E-state index in [4.69, 9.17) is 31.8 Å². The molecule has 6 nitrogen and oxygen atoms in total. The highest BCUT2D eigenvalue weighted by atomic mass is 19.4. The predicted octanol–water partition coefficient (Wildman–Crippen LogP) is 4.58. The summed E-state index contributed by atoms with van der Waals surface area (Å²) in [6, 6.07) is 15.1. The molecule has 9 heteroatoms. The lowest BCUT2D eigenvalue weighted by molar-refractivity contribution is -0.137. The van der Waals surface area contributed by atoms with E-state index in [-0.39, 0.29) is 11.3 Å². The zero-order chi connectivity index (χ0) is 21.9. The average Bonchev–Trinajstić information content (AvgIpc) is 2.67. The Kier molecular flexibility index (Phi) is 5.63. The Bertz CT molecular complexity index is 1080. The molecule has 0 atom stereocenters. The number of halogens is 3. The maximum Gasteiger partial charge on any atom is 0.417 e. The Morgan fingerprint density at radius 1 is 0.667 bits per heavy atom. The zero-order valence-electron chi connectivity index (χ0n) is 15.5. The van der Waals surface area contributed by atoms with Gasteiger partial charge in [-0.1, -0.05) is 36.4 Å². The van der Waals surface area contributed by atoms with Crippen molar-refractivity contribution in [2.75, 3.05) is 0 Å². The molecule has 6 N–H and O–H groups in total. The fourth-order valence-corrected chi connectivity index (χ4v) is 2.88. The van der Waals surface area contributed by atoms with Crippen LogP contribution in [0, 0.1) is 10.8 Å². The van der Waals surface area contributed by atoms with Gasteiger partial charge in [0.05, 0.1) is 5.56 Å². The molecule has 0 saturated carbocycles. The van der Waals surface area contributed by atoms with Crippen LogP contribution < -0.4 is 20.9 Å². The number of benzene rings is 3. The van der Waals surface area contributed by atoms with Crippen molar-refractivity contribution in [1.29, 1.82) is 10.8 Å². The lowest BCUT2D eigenvalue weighted by Crippen LogP contribution is -2.17. The third-order valence-corrected chi connectivity index (χ3v) is 4.13. The number of amidine groups is 2. The van der Waals surface area contributed by atoms with Gasteiger partial charge in [-0.15, -0.1) is 0 Å². The molecule has 0 saturated heterocycles. The normalized spacial score (nSPS) is 11.0. The molecule has 0 aromatic heterocycles. The molecule has 154 valence electrons. The summed E-state index contributed by atoms with van der Waals surface area (Å²) >= 11 is 0. The van der Waals surface area contributed by atoms with Gasteiger partial charge >= 0.3 is 6.18 Å². The first-order chi connectivity index (χ1) is 14.1. The molecular weight excluding hydrogens is 397 g/mol. The van der Waals surface area contributed by atoms with Crippen LogP contribution in [0.1, 0.15) is 5.56 Å². The Labute approximate surface area is 169 Å². The van der Waals surface area contributed by atoms with Crippen molar-refractivity contribution < 1.29 is 22.6 Å². The molecule has 3 aromatic rings. The number of hydrogen-bond donors (Lipinski definition) is 4. The minimum atomic E-state index is -4.57. The van der Waals surface area contributed by atoms with Crippen LogP contribution in [0.25, 0.3) is 22.3 Å². The van der Waals surface area contributed by atoms with Crippen LogP contribution in [-0.2, 0) is 6.18 Å². The SMILES string of the molecule is N=C(N)Oc1ccc(-c2ccc(-c3ccc(OC(=N)N)cc3)c(C(F)(F)F)c2)cc1. The molecule has 0 aliphatic rings. The minimum Gasteiger partial charge on any atom is -0.426 e. The van der Waals surface area contributed by atoms with E-state index in [1.807, 2.05) is 0 Å². The van der Waals surface area contributed by atoms with Gasteiger partial charge in [0.15, 0.2) is 0 Å². The number of alkyl halides is 3. The summed E-state index contributed by atoms with van der Waals surface area (Å²) in [5, 5.41) is 14.2. The number of ether oxygens (including phenoxy) is 2. The maximum absolute atomic E-state index is 13.8. The third kappa shape index (κ3) is 4.88. The number of nitrogens with two attached hydrogens (primary N) is 2. The van der Waals surface area contributed by atoms with E-state index in [1.165, 1.54) is 42.5 Å². The van der Waals surface area contributed by atoms with E-state index < -0.39 is 23.8 Å². The van der Waals surface area contributed by atoms with Crippen LogP contribution >= 0.6 is 0 Å². The van der Waals surface area contributed by atoms with Crippen molar-refractivity contribution in [1.82, 2.24) is 0 Å². The van der Waals surface area contributed by atoms with Gasteiger partial charge in [-0.3, -0.25) is 10.8 Å². The highest BCUT2D eigenvalue weighted by Crippen LogP contribution is 2.40. The zero-order valence-corrected chi connectivity index (χ0v) is 15.5. The summed E-state index contributed by atoms with van der Waals surface area (Å²) in [6.07, 6.45) is -4.57. The van der Waals surface area contributed by atoms with Gasteiger partial charge in [-0.2, -0.15) is 13.2 Å². The van der Waals surface area contributed by atoms with Gasteiger partial charge in [0.25, 0.3) is 12.0 Å². The van der Waals surface area contributed by atoms with Crippen LogP contribution in [0.4, 0.5) is 13.2 Å². The molecule has 3 aromatic carbocycles. The van der Waals surface area contributed by atoms with Crippen LogP contribution in [-0.4, -0.2) is 12.0 Å². The smallest absolute Gasteiger partial charge is 0.417 e. The van der Waals surface area contributed by atoms with Crippen molar-refractivity contribution in [3.05, 3.63) is 72.3 Å². The minimum absolute atomic E-state index is 0.0113. The maximum atomic E-state index is 13.8. The van der Waals surface area contributed by atoms with Crippen LogP contribution in [0.3, 0.4) is 0 Å². The molecule has 0 heterocycles. The molecule has 30 heavy (non-hydrogen) atoms. The summed E-state index contributed by atoms with van der Waals surface area (Å²) in [4.78, 5) is 0. The Morgan fingerprint density at radius 3 is 1.53 bits per heavy atom. The number of rotatable bonds is 4. The van der Waals surface area contributed by atoms with Crippen molar-refractivity contribution in [3.8, 4) is 33.8 Å². The average molecular weight is 414 g/mol. The van der Waals surface area contributed by atoms with Crippen LogP contribution in [0.5, 0.6) is 11.5 Å². The lowest BCUT2D eigenvalue weighted by Gasteiger charge is -2.15. The molecule has 3 rings (SSSR count). The van der Waals surface area contributed by atoms with E-state index in [2.05, 4.69) is 0 Å². The van der Waals surface area contributed by atoms with Crippen molar-refractivity contribution in [3.63, 3.8) is 0 Å². The Hall–Kier alpha value is -4.01. The summed E-state index contributed by atoms with van der Waals surface area (Å²) < 4.78 is 51.1. The van der Waals surface area contributed by atoms with E-state index >= 15 is 0 Å². The molecular formula is C21H17F3N4O2. The fraction of sp³-hybridized carbons (Fsp3) is 0.0476. The number of hydrogen-bond acceptors (Lipinski definition) is 4. The van der Waals surface area contributed by atoms with Gasteiger partial charge in [-0.05, 0) is 52.6 Å². The van der Waals surface area contributed by atoms with E-state index in [0.717, 1.165) is 6.07 Å². The summed E-state index contributed by atoms with van der Waals surface area (Å²) in [7, 11) is 0. The third-order valence-electron chi connectivity index (χ3n) is 4.13. The Morgan fingerprint density at radius 2 is 1.10 bits per heavy atom. The quantitative estimate of drug-likeness (QED) is 0.369. The van der Waals surface area contributed by atoms with Crippen molar-refractivity contribution in [2.45, 2.75) is 6.18 Å². The first kappa shape index (κ1) is 20.7. The lowest BCUT2D eigenvalue weighted by atomic mass is 9.94. The van der Waals surface area contributed by atoms with Gasteiger partial charge in [-0.25, -0.2) is 0 Å². The molecule has 0 unspecified atom stereocenters. The first-order valence-electron chi connectivity index (χ1n) is 8.59. The highest BCUT2D eigenvalue weighted by Gasteiger charge is 2.34. The second kappa shape index (κ2) is 8.16. The summed E-state index contributed by atoms with van der Waals surface area (Å²) in [5.74, 6) is 0.566. The second-order valence-corrected chi connectivity index (χ2v) is 6.24.